The maximum Gasteiger partial charge on any atom is 0.310 e. The minimum Gasteiger partial charge on any atom is -0.481 e. The SMILES string of the molecule is Cc1ccc(C)c(C(C)(O)C(C(=O)O)C(C)C)c1. The molecule has 0 spiro atoms. The van der Waals surface area contributed by atoms with Gasteiger partial charge >= 0.3 is 5.97 Å². The molecule has 0 aliphatic rings. The molecule has 0 bridgehead atoms. The molecule has 3 nitrogen and oxygen atoms in total. The minimum absolute atomic E-state index is 0.141. The molecule has 0 aromatic heterocycles. The summed E-state index contributed by atoms with van der Waals surface area (Å²) in [5.74, 6) is -1.92. The van der Waals surface area contributed by atoms with Crippen LogP contribution < -0.4 is 0 Å². The largest absolute Gasteiger partial charge is 0.481 e. The van der Waals surface area contributed by atoms with E-state index in [4.69, 9.17) is 0 Å². The zero-order valence-corrected chi connectivity index (χ0v) is 11.7. The quantitative estimate of drug-likeness (QED) is 0.864. The van der Waals surface area contributed by atoms with E-state index in [0.29, 0.717) is 5.56 Å². The second kappa shape index (κ2) is 5.11. The van der Waals surface area contributed by atoms with Gasteiger partial charge in [0.2, 0.25) is 0 Å². The molecule has 100 valence electrons. The maximum absolute atomic E-state index is 11.4. The first-order chi connectivity index (χ1) is 8.17. The van der Waals surface area contributed by atoms with Crippen molar-refractivity contribution >= 4 is 5.97 Å². The van der Waals surface area contributed by atoms with Gasteiger partial charge in [0.25, 0.3) is 0 Å². The molecule has 0 aliphatic carbocycles. The fourth-order valence-electron chi connectivity index (χ4n) is 2.62. The summed E-state index contributed by atoms with van der Waals surface area (Å²) in [6, 6.07) is 5.74. The standard InChI is InChI=1S/C15H22O3/c1-9(2)13(14(16)17)15(5,18)12-8-10(3)6-7-11(12)4/h6-9,13,18H,1-5H3,(H,16,17). The second-order valence-electron chi connectivity index (χ2n) is 5.53. The molecule has 0 fully saturated rings. The van der Waals surface area contributed by atoms with Gasteiger partial charge < -0.3 is 10.2 Å². The third kappa shape index (κ3) is 2.72. The van der Waals surface area contributed by atoms with Crippen LogP contribution in [0.1, 0.15) is 37.5 Å². The molecule has 1 aromatic rings. The Kier molecular flexibility index (Phi) is 4.17. The Morgan fingerprint density at radius 2 is 1.83 bits per heavy atom. The van der Waals surface area contributed by atoms with E-state index in [2.05, 4.69) is 0 Å². The van der Waals surface area contributed by atoms with Crippen molar-refractivity contribution in [2.75, 3.05) is 0 Å². The summed E-state index contributed by atoms with van der Waals surface area (Å²) in [7, 11) is 0. The van der Waals surface area contributed by atoms with Gasteiger partial charge in [0.1, 0.15) is 5.60 Å². The lowest BCUT2D eigenvalue weighted by Gasteiger charge is -2.34. The zero-order valence-electron chi connectivity index (χ0n) is 11.7. The van der Waals surface area contributed by atoms with E-state index in [1.165, 1.54) is 0 Å². The highest BCUT2D eigenvalue weighted by molar-refractivity contribution is 5.72. The lowest BCUT2D eigenvalue weighted by atomic mass is 9.75. The topological polar surface area (TPSA) is 57.5 Å². The molecule has 1 aromatic carbocycles. The molecule has 0 saturated carbocycles. The average Bonchev–Trinajstić information content (AvgIpc) is 2.19. The van der Waals surface area contributed by atoms with E-state index < -0.39 is 17.5 Å². The van der Waals surface area contributed by atoms with Crippen molar-refractivity contribution in [1.29, 1.82) is 0 Å². The highest BCUT2D eigenvalue weighted by Gasteiger charge is 2.41. The smallest absolute Gasteiger partial charge is 0.310 e. The lowest BCUT2D eigenvalue weighted by Crippen LogP contribution is -2.41. The summed E-state index contributed by atoms with van der Waals surface area (Å²) < 4.78 is 0. The number of aliphatic hydroxyl groups is 1. The van der Waals surface area contributed by atoms with Gasteiger partial charge in [-0.25, -0.2) is 0 Å². The molecule has 0 saturated heterocycles. The molecule has 2 N–H and O–H groups in total. The Morgan fingerprint density at radius 1 is 1.28 bits per heavy atom. The Balaban J connectivity index is 3.34. The molecule has 1 rings (SSSR count). The van der Waals surface area contributed by atoms with Crippen LogP contribution in [0.5, 0.6) is 0 Å². The van der Waals surface area contributed by atoms with Crippen molar-refractivity contribution in [2.24, 2.45) is 11.8 Å². The molecule has 0 heterocycles. The molecular weight excluding hydrogens is 228 g/mol. The number of benzene rings is 1. The van der Waals surface area contributed by atoms with Crippen LogP contribution in [-0.2, 0) is 10.4 Å². The van der Waals surface area contributed by atoms with Crippen LogP contribution >= 0.6 is 0 Å². The zero-order chi connectivity index (χ0) is 14.1. The van der Waals surface area contributed by atoms with Crippen molar-refractivity contribution in [3.8, 4) is 0 Å². The number of hydrogen-bond acceptors (Lipinski definition) is 2. The first-order valence-corrected chi connectivity index (χ1v) is 6.20. The van der Waals surface area contributed by atoms with Crippen LogP contribution in [0.25, 0.3) is 0 Å². The molecule has 0 amide bonds. The van der Waals surface area contributed by atoms with E-state index in [0.717, 1.165) is 11.1 Å². The second-order valence-corrected chi connectivity index (χ2v) is 5.53. The van der Waals surface area contributed by atoms with Crippen molar-refractivity contribution in [3.05, 3.63) is 34.9 Å². The molecule has 2 atom stereocenters. The Labute approximate surface area is 108 Å². The highest BCUT2D eigenvalue weighted by Crippen LogP contribution is 2.36. The molecule has 2 unspecified atom stereocenters. The fraction of sp³-hybridized carbons (Fsp3) is 0.533. The van der Waals surface area contributed by atoms with E-state index >= 15 is 0 Å². The number of rotatable bonds is 4. The van der Waals surface area contributed by atoms with Crippen molar-refractivity contribution in [3.63, 3.8) is 0 Å². The van der Waals surface area contributed by atoms with Gasteiger partial charge in [0, 0.05) is 0 Å². The number of aliphatic carboxylic acids is 1. The molecular formula is C15H22O3. The third-order valence-corrected chi connectivity index (χ3v) is 3.48. The molecule has 0 aliphatic heterocycles. The minimum atomic E-state index is -1.36. The van der Waals surface area contributed by atoms with Crippen LogP contribution in [-0.4, -0.2) is 16.2 Å². The van der Waals surface area contributed by atoms with E-state index in [-0.39, 0.29) is 5.92 Å². The first-order valence-electron chi connectivity index (χ1n) is 6.20. The van der Waals surface area contributed by atoms with Crippen molar-refractivity contribution < 1.29 is 15.0 Å². The molecule has 3 heteroatoms. The Bertz CT molecular complexity index is 447. The number of aryl methyl sites for hydroxylation is 2. The summed E-state index contributed by atoms with van der Waals surface area (Å²) >= 11 is 0. The Morgan fingerprint density at radius 3 is 2.28 bits per heavy atom. The molecule has 0 radical (unpaired) electrons. The summed E-state index contributed by atoms with van der Waals surface area (Å²) in [5.41, 5.74) is 1.26. The van der Waals surface area contributed by atoms with Crippen LogP contribution in [0, 0.1) is 25.7 Å². The van der Waals surface area contributed by atoms with E-state index in [1.54, 1.807) is 6.92 Å². The third-order valence-electron chi connectivity index (χ3n) is 3.48. The summed E-state index contributed by atoms with van der Waals surface area (Å²) in [6.45, 7) is 9.05. The van der Waals surface area contributed by atoms with Gasteiger partial charge in [-0.1, -0.05) is 37.6 Å². The average molecular weight is 250 g/mol. The fourth-order valence-corrected chi connectivity index (χ4v) is 2.62. The number of carbonyl (C=O) groups is 1. The maximum atomic E-state index is 11.4. The van der Waals surface area contributed by atoms with Gasteiger partial charge in [-0.2, -0.15) is 0 Å². The van der Waals surface area contributed by atoms with Crippen LogP contribution in [0.2, 0.25) is 0 Å². The summed E-state index contributed by atoms with van der Waals surface area (Å²) in [6.07, 6.45) is 0. The lowest BCUT2D eigenvalue weighted by molar-refractivity contribution is -0.155. The Hall–Kier alpha value is -1.35. The van der Waals surface area contributed by atoms with Crippen LogP contribution in [0.3, 0.4) is 0 Å². The first kappa shape index (κ1) is 14.7. The van der Waals surface area contributed by atoms with Crippen molar-refractivity contribution in [1.82, 2.24) is 0 Å². The number of carboxylic acid groups (broad SMARTS) is 1. The van der Waals surface area contributed by atoms with Gasteiger partial charge in [0.15, 0.2) is 0 Å². The highest BCUT2D eigenvalue weighted by atomic mass is 16.4. The van der Waals surface area contributed by atoms with E-state index in [1.807, 2.05) is 45.9 Å². The molecule has 18 heavy (non-hydrogen) atoms. The predicted octanol–water partition coefficient (Wildman–Crippen LogP) is 2.87. The number of carboxylic acids is 1. The van der Waals surface area contributed by atoms with E-state index in [9.17, 15) is 15.0 Å². The normalized spacial score (nSPS) is 16.4. The van der Waals surface area contributed by atoms with Gasteiger partial charge in [-0.3, -0.25) is 4.79 Å². The summed E-state index contributed by atoms with van der Waals surface area (Å²) in [4.78, 5) is 11.4. The monoisotopic (exact) mass is 250 g/mol. The van der Waals surface area contributed by atoms with Crippen LogP contribution in [0.15, 0.2) is 18.2 Å². The number of hydrogen-bond donors (Lipinski definition) is 2. The van der Waals surface area contributed by atoms with Crippen LogP contribution in [0.4, 0.5) is 0 Å². The van der Waals surface area contributed by atoms with Gasteiger partial charge in [-0.15, -0.1) is 0 Å². The van der Waals surface area contributed by atoms with Crippen molar-refractivity contribution in [2.45, 2.75) is 40.2 Å². The van der Waals surface area contributed by atoms with Gasteiger partial charge in [-0.05, 0) is 37.8 Å². The predicted molar refractivity (Wildman–Crippen MR) is 71.5 cm³/mol. The van der Waals surface area contributed by atoms with Gasteiger partial charge in [0.05, 0.1) is 5.92 Å². The summed E-state index contributed by atoms with van der Waals surface area (Å²) in [5, 5.41) is 20.1.